The van der Waals surface area contributed by atoms with Gasteiger partial charge in [0.25, 0.3) is 0 Å². The number of amides is 1. The Balaban J connectivity index is 1.36. The summed E-state index contributed by atoms with van der Waals surface area (Å²) in [6.07, 6.45) is 8.00. The molecule has 1 aromatic carbocycles. The zero-order valence-electron chi connectivity index (χ0n) is 13.9. The minimum atomic E-state index is 0.241. The molecule has 5 nitrogen and oxygen atoms in total. The average Bonchev–Trinajstić information content (AvgIpc) is 2.58. The van der Waals surface area contributed by atoms with Crippen LogP contribution in [-0.4, -0.2) is 35.0 Å². The molecule has 0 radical (unpaired) electrons. The number of para-hydroxylation sites is 1. The fourth-order valence-corrected chi connectivity index (χ4v) is 3.69. The summed E-state index contributed by atoms with van der Waals surface area (Å²) in [4.78, 5) is 23.3. The minimum Gasteiger partial charge on any atom is -0.356 e. The van der Waals surface area contributed by atoms with Crippen LogP contribution in [0.25, 0.3) is 10.9 Å². The van der Waals surface area contributed by atoms with Gasteiger partial charge in [0.2, 0.25) is 5.91 Å². The van der Waals surface area contributed by atoms with Gasteiger partial charge < -0.3 is 10.2 Å². The highest BCUT2D eigenvalue weighted by Crippen LogP contribution is 2.28. The fraction of sp³-hybridized carbons (Fsp3) is 0.526. The second kappa shape index (κ2) is 6.75. The van der Waals surface area contributed by atoms with Crippen LogP contribution in [0.4, 0.5) is 5.82 Å². The fourth-order valence-electron chi connectivity index (χ4n) is 3.69. The maximum absolute atomic E-state index is 12.1. The third kappa shape index (κ3) is 3.21. The Hall–Kier alpha value is -2.17. The molecule has 5 heteroatoms. The first-order valence-electron chi connectivity index (χ1n) is 9.03. The molecule has 2 aromatic rings. The van der Waals surface area contributed by atoms with E-state index in [4.69, 9.17) is 0 Å². The predicted octanol–water partition coefficient (Wildman–Crippen LogP) is 2.91. The summed E-state index contributed by atoms with van der Waals surface area (Å²) in [5.74, 6) is 1.76. The molecule has 4 rings (SSSR count). The number of carbonyl (C=O) groups is 1. The van der Waals surface area contributed by atoms with Crippen molar-refractivity contribution in [1.82, 2.24) is 15.3 Å². The first-order valence-corrected chi connectivity index (χ1v) is 9.03. The molecule has 126 valence electrons. The van der Waals surface area contributed by atoms with Crippen LogP contribution in [-0.2, 0) is 4.79 Å². The Morgan fingerprint density at radius 1 is 1.12 bits per heavy atom. The summed E-state index contributed by atoms with van der Waals surface area (Å²) in [6, 6.07) is 8.60. The summed E-state index contributed by atoms with van der Waals surface area (Å²) >= 11 is 0. The van der Waals surface area contributed by atoms with Crippen molar-refractivity contribution in [3.63, 3.8) is 0 Å². The monoisotopic (exact) mass is 324 g/mol. The number of anilines is 1. The van der Waals surface area contributed by atoms with E-state index < -0.39 is 0 Å². The van der Waals surface area contributed by atoms with E-state index in [9.17, 15) is 4.79 Å². The molecule has 2 heterocycles. The van der Waals surface area contributed by atoms with Crippen LogP contribution >= 0.6 is 0 Å². The van der Waals surface area contributed by atoms with E-state index in [2.05, 4.69) is 26.3 Å². The highest BCUT2D eigenvalue weighted by Gasteiger charge is 2.25. The molecule has 2 aliphatic rings. The van der Waals surface area contributed by atoms with Gasteiger partial charge >= 0.3 is 0 Å². The molecular formula is C19H24N4O. The van der Waals surface area contributed by atoms with E-state index in [-0.39, 0.29) is 5.91 Å². The first-order chi connectivity index (χ1) is 11.8. The summed E-state index contributed by atoms with van der Waals surface area (Å²) in [6.45, 7) is 1.92. The van der Waals surface area contributed by atoms with Gasteiger partial charge in [-0.2, -0.15) is 0 Å². The van der Waals surface area contributed by atoms with Crippen molar-refractivity contribution in [3.8, 4) is 0 Å². The topological polar surface area (TPSA) is 58.1 Å². The molecule has 1 aromatic heterocycles. The highest BCUT2D eigenvalue weighted by atomic mass is 16.1. The average molecular weight is 324 g/mol. The normalized spacial score (nSPS) is 19.2. The number of piperidine rings is 1. The highest BCUT2D eigenvalue weighted by molar-refractivity contribution is 5.89. The van der Waals surface area contributed by atoms with E-state index in [1.54, 1.807) is 6.33 Å². The number of fused-ring (bicyclic) bond motifs is 1. The van der Waals surface area contributed by atoms with E-state index in [0.717, 1.165) is 55.5 Å². The van der Waals surface area contributed by atoms with Gasteiger partial charge in [-0.3, -0.25) is 4.79 Å². The van der Waals surface area contributed by atoms with Crippen molar-refractivity contribution in [3.05, 3.63) is 30.6 Å². The lowest BCUT2D eigenvalue weighted by Gasteiger charge is -2.33. The number of carbonyl (C=O) groups excluding carboxylic acids is 1. The van der Waals surface area contributed by atoms with Gasteiger partial charge in [0.05, 0.1) is 5.52 Å². The largest absolute Gasteiger partial charge is 0.356 e. The van der Waals surface area contributed by atoms with E-state index >= 15 is 0 Å². The Kier molecular flexibility index (Phi) is 4.32. The molecule has 1 aliphatic heterocycles. The minimum absolute atomic E-state index is 0.241. The van der Waals surface area contributed by atoms with Crippen LogP contribution in [0, 0.1) is 5.92 Å². The number of hydrogen-bond acceptors (Lipinski definition) is 4. The van der Waals surface area contributed by atoms with Crippen LogP contribution in [0.2, 0.25) is 0 Å². The number of aromatic nitrogens is 2. The lowest BCUT2D eigenvalue weighted by atomic mass is 9.90. The zero-order chi connectivity index (χ0) is 16.4. The molecule has 1 N–H and O–H groups in total. The predicted molar refractivity (Wildman–Crippen MR) is 94.9 cm³/mol. The van der Waals surface area contributed by atoms with Gasteiger partial charge in [-0.15, -0.1) is 0 Å². The van der Waals surface area contributed by atoms with Gasteiger partial charge in [0.15, 0.2) is 0 Å². The maximum atomic E-state index is 12.1. The van der Waals surface area contributed by atoms with Gasteiger partial charge in [0.1, 0.15) is 12.1 Å². The Labute approximate surface area is 142 Å². The van der Waals surface area contributed by atoms with Crippen molar-refractivity contribution in [2.75, 3.05) is 18.0 Å². The molecule has 0 unspecified atom stereocenters. The zero-order valence-corrected chi connectivity index (χ0v) is 13.9. The SMILES string of the molecule is O=C(CC1CCN(c2ncnc3ccccc23)CC1)NC1CCC1. The lowest BCUT2D eigenvalue weighted by Crippen LogP contribution is -2.41. The molecule has 0 bridgehead atoms. The van der Waals surface area contributed by atoms with Gasteiger partial charge in [-0.25, -0.2) is 9.97 Å². The van der Waals surface area contributed by atoms with E-state index in [0.29, 0.717) is 18.4 Å². The number of nitrogens with one attached hydrogen (secondary N) is 1. The molecule has 1 saturated heterocycles. The summed E-state index contributed by atoms with van der Waals surface area (Å²) in [5.41, 5.74) is 0.990. The van der Waals surface area contributed by atoms with Gasteiger partial charge in [-0.05, 0) is 50.2 Å². The summed E-state index contributed by atoms with van der Waals surface area (Å²) in [5, 5.41) is 4.27. The smallest absolute Gasteiger partial charge is 0.220 e. The Bertz CT molecular complexity index is 715. The van der Waals surface area contributed by atoms with Crippen molar-refractivity contribution < 1.29 is 4.79 Å². The molecular weight excluding hydrogens is 300 g/mol. The van der Waals surface area contributed by atoms with Crippen LogP contribution in [0.3, 0.4) is 0 Å². The third-order valence-electron chi connectivity index (χ3n) is 5.38. The molecule has 24 heavy (non-hydrogen) atoms. The number of nitrogens with zero attached hydrogens (tertiary/aromatic N) is 3. The third-order valence-corrected chi connectivity index (χ3v) is 5.38. The van der Waals surface area contributed by atoms with Crippen LogP contribution in [0.5, 0.6) is 0 Å². The maximum Gasteiger partial charge on any atom is 0.220 e. The molecule has 2 fully saturated rings. The van der Waals surface area contributed by atoms with E-state index in [1.165, 1.54) is 6.42 Å². The van der Waals surface area contributed by atoms with Crippen molar-refractivity contribution in [2.24, 2.45) is 5.92 Å². The molecule has 1 saturated carbocycles. The molecule has 1 aliphatic carbocycles. The van der Waals surface area contributed by atoms with E-state index in [1.807, 2.05) is 18.2 Å². The van der Waals surface area contributed by atoms with Crippen LogP contribution in [0.1, 0.15) is 38.5 Å². The standard InChI is InChI=1S/C19H24N4O/c24-18(22-15-4-3-5-15)12-14-8-10-23(11-9-14)19-16-6-1-2-7-17(16)20-13-21-19/h1-2,6-7,13-15H,3-5,8-12H2,(H,22,24). The molecule has 0 atom stereocenters. The lowest BCUT2D eigenvalue weighted by molar-refractivity contribution is -0.123. The first kappa shape index (κ1) is 15.4. The number of benzene rings is 1. The quantitative estimate of drug-likeness (QED) is 0.939. The second-order valence-electron chi connectivity index (χ2n) is 7.04. The Morgan fingerprint density at radius 3 is 2.67 bits per heavy atom. The summed E-state index contributed by atoms with van der Waals surface area (Å²) in [7, 11) is 0. The number of hydrogen-bond donors (Lipinski definition) is 1. The van der Waals surface area contributed by atoms with Crippen molar-refractivity contribution >= 4 is 22.6 Å². The van der Waals surface area contributed by atoms with Crippen LogP contribution < -0.4 is 10.2 Å². The van der Waals surface area contributed by atoms with Gasteiger partial charge in [-0.1, -0.05) is 12.1 Å². The van der Waals surface area contributed by atoms with Crippen molar-refractivity contribution in [2.45, 2.75) is 44.6 Å². The number of rotatable bonds is 4. The summed E-state index contributed by atoms with van der Waals surface area (Å²) < 4.78 is 0. The molecule has 1 amide bonds. The van der Waals surface area contributed by atoms with Gasteiger partial charge in [0, 0.05) is 30.9 Å². The van der Waals surface area contributed by atoms with Crippen molar-refractivity contribution in [1.29, 1.82) is 0 Å². The molecule has 0 spiro atoms. The Morgan fingerprint density at radius 2 is 1.92 bits per heavy atom. The second-order valence-corrected chi connectivity index (χ2v) is 7.04. The van der Waals surface area contributed by atoms with Crippen LogP contribution in [0.15, 0.2) is 30.6 Å².